The minimum Gasteiger partial charge on any atom is -0.507 e. The fourth-order valence-electron chi connectivity index (χ4n) is 4.04. The summed E-state index contributed by atoms with van der Waals surface area (Å²) in [5.74, 6) is -1.16. The first-order valence-corrected chi connectivity index (χ1v) is 12.0. The Kier molecular flexibility index (Phi) is 7.25. The highest BCUT2D eigenvalue weighted by Crippen LogP contribution is 2.48. The van der Waals surface area contributed by atoms with Gasteiger partial charge in [-0.2, -0.15) is 0 Å². The maximum Gasteiger partial charge on any atom is 0.295 e. The van der Waals surface area contributed by atoms with Gasteiger partial charge >= 0.3 is 0 Å². The second-order valence-corrected chi connectivity index (χ2v) is 9.34. The number of rotatable bonds is 7. The van der Waals surface area contributed by atoms with Gasteiger partial charge in [0, 0.05) is 11.4 Å². The average molecular weight is 534 g/mol. The first kappa shape index (κ1) is 24.9. The second-order valence-electron chi connectivity index (χ2n) is 7.58. The number of hydrogen-bond donors (Lipinski definition) is 1. The molecule has 182 valence electrons. The molecule has 1 unspecified atom stereocenters. The molecule has 10 heteroatoms. The highest BCUT2D eigenvalue weighted by molar-refractivity contribution is 7.10. The zero-order valence-electron chi connectivity index (χ0n) is 19.0. The number of aliphatic hydroxyl groups excluding tert-OH is 1. The fourth-order valence-corrected chi connectivity index (χ4v) is 5.58. The van der Waals surface area contributed by atoms with E-state index in [4.69, 9.17) is 37.4 Å². The molecule has 2 aromatic carbocycles. The number of halogens is 2. The molecule has 4 rings (SSSR count). The van der Waals surface area contributed by atoms with E-state index in [1.165, 1.54) is 36.5 Å². The predicted molar refractivity (Wildman–Crippen MR) is 135 cm³/mol. The van der Waals surface area contributed by atoms with E-state index in [2.05, 4.69) is 0 Å². The molecule has 1 atom stereocenters. The van der Waals surface area contributed by atoms with Crippen LogP contribution in [-0.4, -0.2) is 43.0 Å². The number of carbonyl (C=O) groups is 2. The summed E-state index contributed by atoms with van der Waals surface area (Å²) in [5, 5.41) is 13.4. The molecule has 0 saturated carbocycles. The van der Waals surface area contributed by atoms with Gasteiger partial charge in [-0.15, -0.1) is 11.3 Å². The number of hydrogen-bond acceptors (Lipinski definition) is 7. The van der Waals surface area contributed by atoms with E-state index in [1.54, 1.807) is 31.4 Å². The van der Waals surface area contributed by atoms with Crippen molar-refractivity contribution in [1.82, 2.24) is 4.90 Å². The van der Waals surface area contributed by atoms with Gasteiger partial charge in [-0.1, -0.05) is 41.4 Å². The van der Waals surface area contributed by atoms with Crippen molar-refractivity contribution < 1.29 is 28.9 Å². The topological polar surface area (TPSA) is 85.3 Å². The number of thiophene rings is 1. The van der Waals surface area contributed by atoms with E-state index in [1.807, 2.05) is 17.5 Å². The first-order chi connectivity index (χ1) is 16.8. The van der Waals surface area contributed by atoms with Crippen LogP contribution in [-0.2, 0) is 16.1 Å². The number of Topliss-reactive ketones (excluding diaryl/α,β-unsaturated/α-hetero) is 1. The van der Waals surface area contributed by atoms with Crippen molar-refractivity contribution in [2.75, 3.05) is 21.3 Å². The smallest absolute Gasteiger partial charge is 0.295 e. The lowest BCUT2D eigenvalue weighted by atomic mass is 9.99. The van der Waals surface area contributed by atoms with Crippen LogP contribution < -0.4 is 14.2 Å². The van der Waals surface area contributed by atoms with Crippen molar-refractivity contribution in [3.8, 4) is 17.2 Å². The molecule has 3 aromatic rings. The van der Waals surface area contributed by atoms with Crippen LogP contribution in [0.15, 0.2) is 53.4 Å². The third-order valence-corrected chi connectivity index (χ3v) is 7.18. The molecule has 7 nitrogen and oxygen atoms in total. The molecule has 2 heterocycles. The average Bonchev–Trinajstić information content (AvgIpc) is 3.46. The summed E-state index contributed by atoms with van der Waals surface area (Å²) in [6.45, 7) is 0.127. The van der Waals surface area contributed by atoms with Gasteiger partial charge in [0.1, 0.15) is 16.5 Å². The van der Waals surface area contributed by atoms with Crippen LogP contribution in [0, 0.1) is 0 Å². The Labute approximate surface area is 216 Å². The summed E-state index contributed by atoms with van der Waals surface area (Å²) in [7, 11) is 4.31. The van der Waals surface area contributed by atoms with Crippen molar-refractivity contribution in [1.29, 1.82) is 0 Å². The van der Waals surface area contributed by atoms with Gasteiger partial charge in [-0.05, 0) is 35.2 Å². The number of likely N-dealkylation sites (tertiary alicyclic amines) is 1. The van der Waals surface area contributed by atoms with Crippen molar-refractivity contribution in [2.24, 2.45) is 0 Å². The van der Waals surface area contributed by atoms with Crippen LogP contribution in [0.4, 0.5) is 0 Å². The molecule has 1 aliphatic rings. The Morgan fingerprint density at radius 2 is 1.77 bits per heavy atom. The second kappa shape index (κ2) is 10.2. The Hall–Kier alpha value is -3.20. The number of carbonyl (C=O) groups excluding carboxylic acids is 2. The molecule has 0 spiro atoms. The molecule has 35 heavy (non-hydrogen) atoms. The van der Waals surface area contributed by atoms with Crippen molar-refractivity contribution in [2.45, 2.75) is 12.6 Å². The number of amides is 1. The monoisotopic (exact) mass is 533 g/mol. The number of nitrogens with zero attached hydrogens (tertiary/aromatic N) is 1. The maximum atomic E-state index is 13.3. The SMILES string of the molecule is COc1cccc(CN2C(=O)C(=O)/C(=C(\O)c3cc(Cl)c(OC)c(Cl)c3OC)C2c2cccs2)c1. The largest absolute Gasteiger partial charge is 0.507 e. The zero-order chi connectivity index (χ0) is 25.3. The van der Waals surface area contributed by atoms with Crippen molar-refractivity contribution in [3.05, 3.63) is 79.5 Å². The molecule has 0 aliphatic carbocycles. The number of benzene rings is 2. The molecular weight excluding hydrogens is 513 g/mol. The molecule has 1 aromatic heterocycles. The van der Waals surface area contributed by atoms with Gasteiger partial charge in [0.05, 0.1) is 43.5 Å². The van der Waals surface area contributed by atoms with E-state index < -0.39 is 23.5 Å². The summed E-state index contributed by atoms with van der Waals surface area (Å²) < 4.78 is 15.9. The molecule has 0 bridgehead atoms. The highest BCUT2D eigenvalue weighted by Gasteiger charge is 2.47. The third kappa shape index (κ3) is 4.45. The van der Waals surface area contributed by atoms with E-state index >= 15 is 0 Å². The number of methoxy groups -OCH3 is 3. The normalized spacial score (nSPS) is 17.1. The Balaban J connectivity index is 1.89. The summed E-state index contributed by atoms with van der Waals surface area (Å²) >= 11 is 14.1. The molecule has 1 fully saturated rings. The molecule has 1 aliphatic heterocycles. The van der Waals surface area contributed by atoms with Gasteiger partial charge < -0.3 is 24.2 Å². The van der Waals surface area contributed by atoms with Crippen LogP contribution in [0.2, 0.25) is 10.0 Å². The molecule has 1 saturated heterocycles. The Morgan fingerprint density at radius 3 is 2.40 bits per heavy atom. The lowest BCUT2D eigenvalue weighted by molar-refractivity contribution is -0.140. The standard InChI is InChI=1S/C25H21Cl2NO6S/c1-32-14-7-4-6-13(10-14)12-28-20(17-8-5-9-35-17)18(22(30)25(28)31)21(29)15-11-16(26)24(34-3)19(27)23(15)33-2/h4-11,20,29H,12H2,1-3H3/b21-18-. The van der Waals surface area contributed by atoms with Crippen LogP contribution in [0.1, 0.15) is 22.0 Å². The quantitative estimate of drug-likeness (QED) is 0.238. The first-order valence-electron chi connectivity index (χ1n) is 10.4. The number of ketones is 1. The van der Waals surface area contributed by atoms with Crippen LogP contribution in [0.5, 0.6) is 17.2 Å². The molecular formula is C25H21Cl2NO6S. The summed E-state index contributed by atoms with van der Waals surface area (Å²) in [5.41, 5.74) is 0.751. The maximum absolute atomic E-state index is 13.3. The predicted octanol–water partition coefficient (Wildman–Crippen LogP) is 5.70. The van der Waals surface area contributed by atoms with Crippen LogP contribution >= 0.6 is 34.5 Å². The van der Waals surface area contributed by atoms with Gasteiger partial charge in [-0.3, -0.25) is 9.59 Å². The number of ether oxygens (including phenoxy) is 3. The fraction of sp³-hybridized carbons (Fsp3) is 0.200. The highest BCUT2D eigenvalue weighted by atomic mass is 35.5. The van der Waals surface area contributed by atoms with E-state index in [9.17, 15) is 14.7 Å². The lowest BCUT2D eigenvalue weighted by Gasteiger charge is -2.24. The molecule has 1 N–H and O–H groups in total. The van der Waals surface area contributed by atoms with Crippen molar-refractivity contribution in [3.63, 3.8) is 0 Å². The van der Waals surface area contributed by atoms with E-state index in [-0.39, 0.29) is 39.2 Å². The molecule has 0 radical (unpaired) electrons. The van der Waals surface area contributed by atoms with Crippen LogP contribution in [0.25, 0.3) is 5.76 Å². The summed E-state index contributed by atoms with van der Waals surface area (Å²) in [6, 6.07) is 11.4. The van der Waals surface area contributed by atoms with Gasteiger partial charge in [0.25, 0.3) is 11.7 Å². The van der Waals surface area contributed by atoms with Gasteiger partial charge in [-0.25, -0.2) is 0 Å². The Bertz CT molecular complexity index is 1320. The lowest BCUT2D eigenvalue weighted by Crippen LogP contribution is -2.28. The van der Waals surface area contributed by atoms with E-state index in [0.717, 1.165) is 5.56 Å². The van der Waals surface area contributed by atoms with Crippen molar-refractivity contribution >= 4 is 52.0 Å². The van der Waals surface area contributed by atoms with Gasteiger partial charge in [0.15, 0.2) is 11.5 Å². The molecule has 1 amide bonds. The minimum absolute atomic E-state index is 0.0299. The van der Waals surface area contributed by atoms with Crippen LogP contribution in [0.3, 0.4) is 0 Å². The van der Waals surface area contributed by atoms with E-state index in [0.29, 0.717) is 10.6 Å². The summed E-state index contributed by atoms with van der Waals surface area (Å²) in [6.07, 6.45) is 0. The third-order valence-electron chi connectivity index (χ3n) is 5.63. The van der Waals surface area contributed by atoms with Gasteiger partial charge in [0.2, 0.25) is 0 Å². The summed E-state index contributed by atoms with van der Waals surface area (Å²) in [4.78, 5) is 28.6. The number of aliphatic hydroxyl groups is 1. The Morgan fingerprint density at radius 1 is 1.03 bits per heavy atom. The minimum atomic E-state index is -0.828. The zero-order valence-corrected chi connectivity index (χ0v) is 21.3.